The number of H-pyrrole nitrogens is 1. The van der Waals surface area contributed by atoms with Crippen molar-refractivity contribution in [3.05, 3.63) is 18.0 Å². The molecule has 0 aliphatic heterocycles. The third-order valence-corrected chi connectivity index (χ3v) is 2.87. The summed E-state index contributed by atoms with van der Waals surface area (Å²) in [5.41, 5.74) is 0.552. The Balaban J connectivity index is 2.38. The van der Waals surface area contributed by atoms with E-state index >= 15 is 0 Å². The number of aromatic amines is 1. The molecular weight excluding hydrogens is 256 g/mol. The molecule has 1 rings (SSSR count). The highest BCUT2D eigenvalue weighted by Gasteiger charge is 2.19. The first kappa shape index (κ1) is 16.5. The predicted molar refractivity (Wildman–Crippen MR) is 78.5 cm³/mol. The van der Waals surface area contributed by atoms with E-state index in [0.29, 0.717) is 6.54 Å². The minimum absolute atomic E-state index is 0.0372. The number of carbonyl (C=O) groups is 1. The Morgan fingerprint density at radius 3 is 2.70 bits per heavy atom. The lowest BCUT2D eigenvalue weighted by Crippen LogP contribution is -2.44. The van der Waals surface area contributed by atoms with Crippen LogP contribution in [0.3, 0.4) is 0 Å². The minimum atomic E-state index is -0.473. The molecule has 0 spiro atoms. The summed E-state index contributed by atoms with van der Waals surface area (Å²) in [7, 11) is 0. The van der Waals surface area contributed by atoms with Crippen LogP contribution in [0.2, 0.25) is 0 Å². The van der Waals surface area contributed by atoms with Crippen molar-refractivity contribution in [3.63, 3.8) is 0 Å². The van der Waals surface area contributed by atoms with Crippen molar-refractivity contribution in [1.82, 2.24) is 20.8 Å². The van der Waals surface area contributed by atoms with E-state index in [4.69, 9.17) is 4.74 Å². The third-order valence-electron chi connectivity index (χ3n) is 2.87. The normalized spacial score (nSPS) is 14.7. The zero-order valence-electron chi connectivity index (χ0n) is 13.0. The smallest absolute Gasteiger partial charge is 0.407 e. The Labute approximate surface area is 120 Å². The standard InChI is InChI=1S/C14H26N4O2/c1-6-11(17-13(19)20-14(3,4)5)9-15-10(2)12-7-8-16-18-12/h7-8,10-11,15H,6,9H2,1-5H3,(H,16,18)(H,17,19). The molecule has 0 fully saturated rings. The molecule has 1 aromatic heterocycles. The van der Waals surface area contributed by atoms with E-state index in [0.717, 1.165) is 12.1 Å². The number of ether oxygens (including phenoxy) is 1. The Bertz CT molecular complexity index is 398. The van der Waals surface area contributed by atoms with E-state index < -0.39 is 5.60 Å². The second-order valence-corrected chi connectivity index (χ2v) is 5.89. The lowest BCUT2D eigenvalue weighted by molar-refractivity contribution is 0.0502. The fourth-order valence-electron chi connectivity index (χ4n) is 1.71. The number of amides is 1. The summed E-state index contributed by atoms with van der Waals surface area (Å²) in [6, 6.07) is 2.13. The molecule has 0 bridgehead atoms. The van der Waals surface area contributed by atoms with E-state index in [-0.39, 0.29) is 18.2 Å². The SMILES string of the molecule is CCC(CNC(C)c1ccn[nH]1)NC(=O)OC(C)(C)C. The van der Waals surface area contributed by atoms with Crippen LogP contribution < -0.4 is 10.6 Å². The highest BCUT2D eigenvalue weighted by molar-refractivity contribution is 5.68. The first-order valence-corrected chi connectivity index (χ1v) is 7.04. The van der Waals surface area contributed by atoms with Gasteiger partial charge in [-0.15, -0.1) is 0 Å². The van der Waals surface area contributed by atoms with Crippen LogP contribution in [0.25, 0.3) is 0 Å². The molecular formula is C14H26N4O2. The number of nitrogens with zero attached hydrogens (tertiary/aromatic N) is 1. The highest BCUT2D eigenvalue weighted by atomic mass is 16.6. The number of carbonyl (C=O) groups excluding carboxylic acids is 1. The van der Waals surface area contributed by atoms with Gasteiger partial charge in [0.15, 0.2) is 0 Å². The van der Waals surface area contributed by atoms with E-state index in [9.17, 15) is 4.79 Å². The van der Waals surface area contributed by atoms with E-state index in [1.54, 1.807) is 6.20 Å². The number of aromatic nitrogens is 2. The van der Waals surface area contributed by atoms with Gasteiger partial charge < -0.3 is 15.4 Å². The molecule has 3 N–H and O–H groups in total. The zero-order valence-corrected chi connectivity index (χ0v) is 13.0. The third kappa shape index (κ3) is 6.06. The van der Waals surface area contributed by atoms with Gasteiger partial charge in [0.1, 0.15) is 5.60 Å². The molecule has 1 aromatic rings. The van der Waals surface area contributed by atoms with Crippen molar-refractivity contribution >= 4 is 6.09 Å². The monoisotopic (exact) mass is 282 g/mol. The summed E-state index contributed by atoms with van der Waals surface area (Å²) in [6.07, 6.45) is 2.19. The van der Waals surface area contributed by atoms with Crippen molar-refractivity contribution < 1.29 is 9.53 Å². The van der Waals surface area contributed by atoms with Gasteiger partial charge >= 0.3 is 6.09 Å². The molecule has 0 aromatic carbocycles. The summed E-state index contributed by atoms with van der Waals surface area (Å²) in [5.74, 6) is 0. The molecule has 6 heteroatoms. The van der Waals surface area contributed by atoms with Gasteiger partial charge in [-0.25, -0.2) is 4.79 Å². The number of nitrogens with one attached hydrogen (secondary N) is 3. The van der Waals surface area contributed by atoms with Gasteiger partial charge in [0.05, 0.1) is 5.69 Å². The number of rotatable bonds is 6. The minimum Gasteiger partial charge on any atom is -0.444 e. The van der Waals surface area contributed by atoms with Gasteiger partial charge in [-0.1, -0.05) is 6.92 Å². The quantitative estimate of drug-likeness (QED) is 0.748. The molecule has 0 saturated heterocycles. The largest absolute Gasteiger partial charge is 0.444 e. The van der Waals surface area contributed by atoms with Crippen molar-refractivity contribution in [2.75, 3.05) is 6.54 Å². The molecule has 0 radical (unpaired) electrons. The molecule has 1 heterocycles. The van der Waals surface area contributed by atoms with Gasteiger partial charge in [-0.05, 0) is 40.2 Å². The maximum atomic E-state index is 11.7. The molecule has 0 aliphatic rings. The average Bonchev–Trinajstić information content (AvgIpc) is 2.85. The fraction of sp³-hybridized carbons (Fsp3) is 0.714. The van der Waals surface area contributed by atoms with Gasteiger partial charge in [-0.2, -0.15) is 5.10 Å². The van der Waals surface area contributed by atoms with Gasteiger partial charge in [0.2, 0.25) is 0 Å². The molecule has 1 amide bonds. The summed E-state index contributed by atoms with van der Waals surface area (Å²) >= 11 is 0. The van der Waals surface area contributed by atoms with E-state index in [1.165, 1.54) is 0 Å². The Hall–Kier alpha value is -1.56. The fourth-order valence-corrected chi connectivity index (χ4v) is 1.71. The molecule has 2 atom stereocenters. The highest BCUT2D eigenvalue weighted by Crippen LogP contribution is 2.09. The zero-order chi connectivity index (χ0) is 15.2. The topological polar surface area (TPSA) is 79.0 Å². The lowest BCUT2D eigenvalue weighted by atomic mass is 10.2. The molecule has 2 unspecified atom stereocenters. The van der Waals surface area contributed by atoms with Crippen LogP contribution in [0.4, 0.5) is 4.79 Å². The maximum Gasteiger partial charge on any atom is 0.407 e. The second-order valence-electron chi connectivity index (χ2n) is 5.89. The van der Waals surface area contributed by atoms with Crippen molar-refractivity contribution in [1.29, 1.82) is 0 Å². The predicted octanol–water partition coefficient (Wildman–Crippen LogP) is 2.36. The Morgan fingerprint density at radius 2 is 2.20 bits per heavy atom. The van der Waals surface area contributed by atoms with Gasteiger partial charge in [0, 0.05) is 24.8 Å². The number of hydrogen-bond donors (Lipinski definition) is 3. The van der Waals surface area contributed by atoms with Crippen molar-refractivity contribution in [2.24, 2.45) is 0 Å². The molecule has 0 saturated carbocycles. The Kier molecular flexibility index (Phi) is 6.01. The molecule has 0 aliphatic carbocycles. The molecule has 20 heavy (non-hydrogen) atoms. The van der Waals surface area contributed by atoms with Crippen LogP contribution in [0, 0.1) is 0 Å². The second kappa shape index (κ2) is 7.28. The van der Waals surface area contributed by atoms with Crippen LogP contribution in [0.15, 0.2) is 12.3 Å². The van der Waals surface area contributed by atoms with Crippen molar-refractivity contribution in [3.8, 4) is 0 Å². The maximum absolute atomic E-state index is 11.7. The van der Waals surface area contributed by atoms with Gasteiger partial charge in [0.25, 0.3) is 0 Å². The van der Waals surface area contributed by atoms with E-state index in [1.807, 2.05) is 40.7 Å². The first-order chi connectivity index (χ1) is 9.31. The number of alkyl carbamates (subject to hydrolysis) is 1. The van der Waals surface area contributed by atoms with Gasteiger partial charge in [-0.3, -0.25) is 5.10 Å². The van der Waals surface area contributed by atoms with Crippen molar-refractivity contribution in [2.45, 2.75) is 58.7 Å². The summed E-state index contributed by atoms with van der Waals surface area (Å²) in [5, 5.41) is 13.1. The first-order valence-electron chi connectivity index (χ1n) is 7.04. The Morgan fingerprint density at radius 1 is 1.50 bits per heavy atom. The number of hydrogen-bond acceptors (Lipinski definition) is 4. The van der Waals surface area contributed by atoms with Crippen LogP contribution in [-0.4, -0.2) is 34.5 Å². The summed E-state index contributed by atoms with van der Waals surface area (Å²) in [4.78, 5) is 11.7. The van der Waals surface area contributed by atoms with Crippen LogP contribution in [0.1, 0.15) is 52.8 Å². The average molecular weight is 282 g/mol. The van der Waals surface area contributed by atoms with Crippen LogP contribution in [-0.2, 0) is 4.74 Å². The lowest BCUT2D eigenvalue weighted by Gasteiger charge is -2.24. The van der Waals surface area contributed by atoms with Crippen LogP contribution >= 0.6 is 0 Å². The van der Waals surface area contributed by atoms with Crippen LogP contribution in [0.5, 0.6) is 0 Å². The summed E-state index contributed by atoms with van der Waals surface area (Å²) in [6.45, 7) is 10.3. The molecule has 6 nitrogen and oxygen atoms in total. The van der Waals surface area contributed by atoms with E-state index in [2.05, 4.69) is 20.8 Å². The molecule has 114 valence electrons. The summed E-state index contributed by atoms with van der Waals surface area (Å²) < 4.78 is 5.26.